The first kappa shape index (κ1) is 24.7. The summed E-state index contributed by atoms with van der Waals surface area (Å²) in [6.07, 6.45) is 9.97. The van der Waals surface area contributed by atoms with E-state index in [2.05, 4.69) is 53.7 Å². The van der Waals surface area contributed by atoms with Crippen molar-refractivity contribution in [3.05, 3.63) is 34.9 Å². The number of aliphatic carboxylic acids is 1. The molecule has 0 bridgehead atoms. The lowest BCUT2D eigenvalue weighted by Crippen LogP contribution is -1.90. The summed E-state index contributed by atoms with van der Waals surface area (Å²) in [5.74, 6) is -0.772. The monoisotopic (exact) mass is 296 g/mol. The fourth-order valence-electron chi connectivity index (χ4n) is 1.13. The Labute approximate surface area is 132 Å². The molecule has 0 saturated carbocycles. The van der Waals surface area contributed by atoms with Crippen molar-refractivity contribution in [1.82, 2.24) is 0 Å². The average Bonchev–Trinajstić information content (AvgIpc) is 2.35. The summed E-state index contributed by atoms with van der Waals surface area (Å²) < 4.78 is 0. The summed E-state index contributed by atoms with van der Waals surface area (Å²) in [7, 11) is 0. The Morgan fingerprint density at radius 1 is 0.810 bits per heavy atom. The lowest BCUT2D eigenvalue weighted by atomic mass is 10.2. The zero-order chi connectivity index (χ0) is 17.3. The van der Waals surface area contributed by atoms with E-state index in [1.54, 1.807) is 6.08 Å². The van der Waals surface area contributed by atoms with Crippen molar-refractivity contribution in [3.63, 3.8) is 0 Å². The molecule has 0 fully saturated rings. The molecule has 0 aliphatic heterocycles. The van der Waals surface area contributed by atoms with Crippen LogP contribution in [0.15, 0.2) is 34.9 Å². The first-order valence-electron chi connectivity index (χ1n) is 7.79. The lowest BCUT2D eigenvalue weighted by molar-refractivity contribution is -0.136. The van der Waals surface area contributed by atoms with Gasteiger partial charge in [0.1, 0.15) is 0 Å². The summed E-state index contributed by atoms with van der Waals surface area (Å²) in [6, 6.07) is 0. The highest BCUT2D eigenvalue weighted by molar-refractivity contribution is 5.68. The van der Waals surface area contributed by atoms with Crippen LogP contribution in [0.2, 0.25) is 0 Å². The SMILES string of the molecule is CC(C)=CCC(=O)O.CCC=C(C)C.CCCC=C(C)C. The van der Waals surface area contributed by atoms with E-state index in [0.717, 1.165) is 5.57 Å². The van der Waals surface area contributed by atoms with Crippen LogP contribution in [0.4, 0.5) is 0 Å². The van der Waals surface area contributed by atoms with E-state index < -0.39 is 5.97 Å². The van der Waals surface area contributed by atoms with Gasteiger partial charge < -0.3 is 5.11 Å². The molecular weight excluding hydrogens is 260 g/mol. The number of hydrogen-bond acceptors (Lipinski definition) is 1. The highest BCUT2D eigenvalue weighted by atomic mass is 16.4. The topological polar surface area (TPSA) is 37.3 Å². The van der Waals surface area contributed by atoms with Crippen molar-refractivity contribution >= 4 is 5.97 Å². The Bertz CT molecular complexity index is 321. The van der Waals surface area contributed by atoms with Crippen LogP contribution in [0, 0.1) is 0 Å². The Morgan fingerprint density at radius 2 is 1.24 bits per heavy atom. The molecule has 0 spiro atoms. The number of carboxylic acid groups (broad SMARTS) is 1. The highest BCUT2D eigenvalue weighted by Crippen LogP contribution is 1.94. The van der Waals surface area contributed by atoms with E-state index in [1.165, 1.54) is 30.4 Å². The second-order valence-corrected chi connectivity index (χ2v) is 5.64. The van der Waals surface area contributed by atoms with Crippen LogP contribution >= 0.6 is 0 Å². The van der Waals surface area contributed by atoms with Crippen molar-refractivity contribution in [2.75, 3.05) is 0 Å². The third kappa shape index (κ3) is 45.6. The minimum atomic E-state index is -0.772. The van der Waals surface area contributed by atoms with E-state index in [0.29, 0.717) is 0 Å². The van der Waals surface area contributed by atoms with Crippen molar-refractivity contribution in [2.45, 2.75) is 81.1 Å². The van der Waals surface area contributed by atoms with Gasteiger partial charge >= 0.3 is 5.97 Å². The molecule has 0 heterocycles. The van der Waals surface area contributed by atoms with E-state index in [1.807, 2.05) is 13.8 Å². The molecule has 2 heteroatoms. The van der Waals surface area contributed by atoms with Crippen molar-refractivity contribution in [1.29, 1.82) is 0 Å². The average molecular weight is 296 g/mol. The van der Waals surface area contributed by atoms with E-state index >= 15 is 0 Å². The number of rotatable bonds is 5. The fraction of sp³-hybridized carbons (Fsp3) is 0.632. The molecule has 0 unspecified atom stereocenters. The lowest BCUT2D eigenvalue weighted by Gasteiger charge is -1.85. The molecule has 0 saturated heterocycles. The second-order valence-electron chi connectivity index (χ2n) is 5.64. The van der Waals surface area contributed by atoms with Gasteiger partial charge in [0.25, 0.3) is 0 Å². The van der Waals surface area contributed by atoms with E-state index in [9.17, 15) is 4.79 Å². The van der Waals surface area contributed by atoms with Gasteiger partial charge in [-0.25, -0.2) is 0 Å². The van der Waals surface area contributed by atoms with Crippen LogP contribution in [0.1, 0.15) is 81.1 Å². The normalized spacial score (nSPS) is 8.19. The maximum absolute atomic E-state index is 9.86. The molecule has 0 radical (unpaired) electrons. The van der Waals surface area contributed by atoms with Crippen LogP contribution in [-0.2, 0) is 4.79 Å². The van der Waals surface area contributed by atoms with Crippen LogP contribution < -0.4 is 0 Å². The molecule has 0 aromatic rings. The van der Waals surface area contributed by atoms with Crippen LogP contribution in [0.5, 0.6) is 0 Å². The third-order valence-electron chi connectivity index (χ3n) is 2.14. The minimum Gasteiger partial charge on any atom is -0.481 e. The Balaban J connectivity index is -0.000000234. The Kier molecular flexibility index (Phi) is 22.0. The molecule has 1 N–H and O–H groups in total. The smallest absolute Gasteiger partial charge is 0.307 e. The predicted molar refractivity (Wildman–Crippen MR) is 95.7 cm³/mol. The maximum Gasteiger partial charge on any atom is 0.307 e. The fourth-order valence-corrected chi connectivity index (χ4v) is 1.13. The number of hydrogen-bond donors (Lipinski definition) is 1. The molecule has 21 heavy (non-hydrogen) atoms. The summed E-state index contributed by atoms with van der Waals surface area (Å²) in [4.78, 5) is 9.86. The molecule has 0 atom stereocenters. The summed E-state index contributed by atoms with van der Waals surface area (Å²) in [6.45, 7) is 16.6. The Hall–Kier alpha value is -1.31. The highest BCUT2D eigenvalue weighted by Gasteiger charge is 1.88. The molecule has 2 nitrogen and oxygen atoms in total. The number of carboxylic acids is 1. The van der Waals surface area contributed by atoms with Gasteiger partial charge in [-0.1, -0.05) is 55.2 Å². The van der Waals surface area contributed by atoms with Crippen LogP contribution in [0.3, 0.4) is 0 Å². The van der Waals surface area contributed by atoms with Crippen LogP contribution in [-0.4, -0.2) is 11.1 Å². The zero-order valence-electron chi connectivity index (χ0n) is 15.4. The zero-order valence-corrected chi connectivity index (χ0v) is 15.4. The van der Waals surface area contributed by atoms with Gasteiger partial charge in [0.05, 0.1) is 6.42 Å². The Morgan fingerprint density at radius 3 is 1.33 bits per heavy atom. The number of allylic oxidation sites excluding steroid dienone is 5. The molecule has 0 aliphatic carbocycles. The van der Waals surface area contributed by atoms with Crippen molar-refractivity contribution in [2.24, 2.45) is 0 Å². The van der Waals surface area contributed by atoms with Gasteiger partial charge in [-0.3, -0.25) is 4.79 Å². The summed E-state index contributed by atoms with van der Waals surface area (Å²) >= 11 is 0. The molecular formula is C19H36O2. The molecule has 0 amide bonds. The summed E-state index contributed by atoms with van der Waals surface area (Å²) in [5, 5.41) is 8.12. The van der Waals surface area contributed by atoms with Gasteiger partial charge in [-0.05, 0) is 54.4 Å². The molecule has 124 valence electrons. The first-order valence-corrected chi connectivity index (χ1v) is 7.79. The second kappa shape index (κ2) is 18.7. The maximum atomic E-state index is 9.86. The predicted octanol–water partition coefficient (Wildman–Crippen LogP) is 6.54. The molecule has 0 rings (SSSR count). The molecule has 0 aromatic heterocycles. The van der Waals surface area contributed by atoms with E-state index in [-0.39, 0.29) is 6.42 Å². The van der Waals surface area contributed by atoms with Gasteiger partial charge in [-0.2, -0.15) is 0 Å². The van der Waals surface area contributed by atoms with Gasteiger partial charge in [0.2, 0.25) is 0 Å². The molecule has 0 aromatic carbocycles. The standard InChI is InChI=1S/C7H14.C6H10O2.C6H12/c1-4-5-6-7(2)3;1-5(2)3-4-6(7)8;1-4-5-6(2)3/h6H,4-5H2,1-3H3;3H,4H2,1-2H3,(H,7,8);5H,4H2,1-3H3. The minimum absolute atomic E-state index is 0.141. The van der Waals surface area contributed by atoms with Crippen molar-refractivity contribution < 1.29 is 9.90 Å². The number of carbonyl (C=O) groups is 1. The third-order valence-corrected chi connectivity index (χ3v) is 2.14. The first-order chi connectivity index (χ1) is 9.67. The number of unbranched alkanes of at least 4 members (excludes halogenated alkanes) is 1. The van der Waals surface area contributed by atoms with E-state index in [4.69, 9.17) is 5.11 Å². The van der Waals surface area contributed by atoms with Crippen LogP contribution in [0.25, 0.3) is 0 Å². The summed E-state index contributed by atoms with van der Waals surface area (Å²) in [5.41, 5.74) is 3.90. The quantitative estimate of drug-likeness (QED) is 0.584. The molecule has 0 aliphatic rings. The largest absolute Gasteiger partial charge is 0.481 e. The van der Waals surface area contributed by atoms with Gasteiger partial charge in [0.15, 0.2) is 0 Å². The van der Waals surface area contributed by atoms with Crippen molar-refractivity contribution in [3.8, 4) is 0 Å². The van der Waals surface area contributed by atoms with Gasteiger partial charge in [-0.15, -0.1) is 0 Å². The van der Waals surface area contributed by atoms with Gasteiger partial charge in [0, 0.05) is 0 Å².